The van der Waals surface area contributed by atoms with Crippen molar-refractivity contribution in [2.45, 2.75) is 19.4 Å². The predicted molar refractivity (Wildman–Crippen MR) is 49.8 cm³/mol. The molecule has 0 spiro atoms. The van der Waals surface area contributed by atoms with Crippen LogP contribution in [0.25, 0.3) is 0 Å². The topological polar surface area (TPSA) is 20.2 Å². The van der Waals surface area contributed by atoms with Crippen molar-refractivity contribution < 1.29 is 5.11 Å². The van der Waals surface area contributed by atoms with Gasteiger partial charge in [0.15, 0.2) is 0 Å². The summed E-state index contributed by atoms with van der Waals surface area (Å²) in [7, 11) is 0. The first kappa shape index (κ1) is 8.83. The molecule has 0 saturated heterocycles. The van der Waals surface area contributed by atoms with E-state index in [1.54, 1.807) is 6.92 Å². The van der Waals surface area contributed by atoms with Crippen LogP contribution in [0.15, 0.2) is 24.3 Å². The molecular weight excluding hydrogens is 148 g/mol. The van der Waals surface area contributed by atoms with E-state index in [1.165, 1.54) is 0 Å². The number of rotatable bonds is 2. The molecule has 0 bridgehead atoms. The van der Waals surface area contributed by atoms with Crippen LogP contribution in [0.3, 0.4) is 0 Å². The molecule has 12 heavy (non-hydrogen) atoms. The van der Waals surface area contributed by atoms with Crippen LogP contribution in [0, 0.1) is 12.3 Å². The molecule has 1 N–H and O–H groups in total. The molecule has 0 amide bonds. The van der Waals surface area contributed by atoms with Gasteiger partial charge in [-0.3, -0.25) is 0 Å². The van der Waals surface area contributed by atoms with E-state index in [4.69, 9.17) is 11.5 Å². The molecule has 0 aromatic heterocycles. The monoisotopic (exact) mass is 160 g/mol. The Bertz CT molecular complexity index is 294. The Balaban J connectivity index is 2.91. The molecule has 0 aliphatic carbocycles. The van der Waals surface area contributed by atoms with Gasteiger partial charge < -0.3 is 5.11 Å². The third-order valence-corrected chi connectivity index (χ3v) is 1.69. The second-order valence-electron chi connectivity index (χ2n) is 2.85. The predicted octanol–water partition coefficient (Wildman–Crippen LogP) is 1.59. The van der Waals surface area contributed by atoms with Gasteiger partial charge in [0.25, 0.3) is 0 Å². The highest BCUT2D eigenvalue weighted by atomic mass is 16.3. The van der Waals surface area contributed by atoms with Gasteiger partial charge >= 0.3 is 0 Å². The Kier molecular flexibility index (Phi) is 2.90. The number of aliphatic hydroxyl groups is 1. The van der Waals surface area contributed by atoms with Crippen molar-refractivity contribution in [3.63, 3.8) is 0 Å². The van der Waals surface area contributed by atoms with Gasteiger partial charge in [0, 0.05) is 5.56 Å². The lowest BCUT2D eigenvalue weighted by Crippen LogP contribution is -2.05. The van der Waals surface area contributed by atoms with Crippen molar-refractivity contribution in [1.82, 2.24) is 0 Å². The van der Waals surface area contributed by atoms with Crippen LogP contribution in [0.1, 0.15) is 18.1 Å². The summed E-state index contributed by atoms with van der Waals surface area (Å²) in [6.45, 7) is 1.76. The van der Waals surface area contributed by atoms with E-state index in [9.17, 15) is 0 Å². The first-order valence-electron chi connectivity index (χ1n) is 3.96. The first-order chi connectivity index (χ1) is 5.74. The second kappa shape index (κ2) is 3.94. The fraction of sp³-hybridized carbons (Fsp3) is 0.273. The SMILES string of the molecule is C#Cc1ccccc1C[C@@H](C)O. The maximum Gasteiger partial charge on any atom is 0.0552 e. The molecule has 1 heteroatoms. The lowest BCUT2D eigenvalue weighted by molar-refractivity contribution is 0.195. The lowest BCUT2D eigenvalue weighted by atomic mass is 10.0. The van der Waals surface area contributed by atoms with Crippen molar-refractivity contribution in [2.75, 3.05) is 0 Å². The second-order valence-corrected chi connectivity index (χ2v) is 2.85. The Morgan fingerprint density at radius 3 is 2.75 bits per heavy atom. The van der Waals surface area contributed by atoms with Crippen LogP contribution in [0.4, 0.5) is 0 Å². The van der Waals surface area contributed by atoms with Gasteiger partial charge in [-0.1, -0.05) is 24.1 Å². The van der Waals surface area contributed by atoms with Crippen LogP contribution in [0.2, 0.25) is 0 Å². The van der Waals surface area contributed by atoms with Crippen LogP contribution in [-0.4, -0.2) is 11.2 Å². The third kappa shape index (κ3) is 2.11. The number of benzene rings is 1. The summed E-state index contributed by atoms with van der Waals surface area (Å²) in [4.78, 5) is 0. The molecule has 1 aromatic carbocycles. The highest BCUT2D eigenvalue weighted by Crippen LogP contribution is 2.09. The molecule has 0 saturated carbocycles. The summed E-state index contributed by atoms with van der Waals surface area (Å²) >= 11 is 0. The fourth-order valence-corrected chi connectivity index (χ4v) is 1.16. The van der Waals surface area contributed by atoms with Gasteiger partial charge in [-0.15, -0.1) is 6.42 Å². The minimum atomic E-state index is -0.334. The maximum atomic E-state index is 9.16. The average Bonchev–Trinajstić information content (AvgIpc) is 2.04. The van der Waals surface area contributed by atoms with E-state index in [0.717, 1.165) is 11.1 Å². The summed E-state index contributed by atoms with van der Waals surface area (Å²) in [5.41, 5.74) is 1.91. The molecule has 0 radical (unpaired) electrons. The number of terminal acetylenes is 1. The zero-order valence-corrected chi connectivity index (χ0v) is 7.12. The zero-order valence-electron chi connectivity index (χ0n) is 7.12. The van der Waals surface area contributed by atoms with E-state index >= 15 is 0 Å². The van der Waals surface area contributed by atoms with Crippen molar-refractivity contribution in [3.05, 3.63) is 35.4 Å². The Hall–Kier alpha value is -1.26. The van der Waals surface area contributed by atoms with E-state index in [0.29, 0.717) is 6.42 Å². The average molecular weight is 160 g/mol. The van der Waals surface area contributed by atoms with Crippen LogP contribution in [-0.2, 0) is 6.42 Å². The number of hydrogen-bond acceptors (Lipinski definition) is 1. The van der Waals surface area contributed by atoms with E-state index < -0.39 is 0 Å². The Morgan fingerprint density at radius 2 is 2.17 bits per heavy atom. The van der Waals surface area contributed by atoms with E-state index in [1.807, 2.05) is 24.3 Å². The summed E-state index contributed by atoms with van der Waals surface area (Å²) in [5, 5.41) is 9.16. The normalized spacial score (nSPS) is 12.1. The van der Waals surface area contributed by atoms with Crippen LogP contribution >= 0.6 is 0 Å². The molecule has 0 aliphatic heterocycles. The van der Waals surface area contributed by atoms with Gasteiger partial charge in [0.05, 0.1) is 6.10 Å². The van der Waals surface area contributed by atoms with Gasteiger partial charge in [-0.2, -0.15) is 0 Å². The number of hydrogen-bond donors (Lipinski definition) is 1. The quantitative estimate of drug-likeness (QED) is 0.651. The largest absolute Gasteiger partial charge is 0.393 e. The minimum absolute atomic E-state index is 0.334. The van der Waals surface area contributed by atoms with E-state index in [2.05, 4.69) is 5.92 Å². The number of aliphatic hydroxyl groups excluding tert-OH is 1. The maximum absolute atomic E-state index is 9.16. The van der Waals surface area contributed by atoms with Crippen LogP contribution in [0.5, 0.6) is 0 Å². The first-order valence-corrected chi connectivity index (χ1v) is 3.96. The highest BCUT2D eigenvalue weighted by molar-refractivity contribution is 5.39. The zero-order chi connectivity index (χ0) is 8.97. The molecule has 0 heterocycles. The molecule has 1 atom stereocenters. The lowest BCUT2D eigenvalue weighted by Gasteiger charge is -2.05. The Labute approximate surface area is 73.0 Å². The smallest absolute Gasteiger partial charge is 0.0552 e. The molecule has 1 aromatic rings. The molecule has 62 valence electrons. The van der Waals surface area contributed by atoms with Gasteiger partial charge in [0.2, 0.25) is 0 Å². The third-order valence-electron chi connectivity index (χ3n) is 1.69. The summed E-state index contributed by atoms with van der Waals surface area (Å²) in [6.07, 6.45) is 5.59. The summed E-state index contributed by atoms with van der Waals surface area (Å²) < 4.78 is 0. The van der Waals surface area contributed by atoms with Crippen LogP contribution < -0.4 is 0 Å². The van der Waals surface area contributed by atoms with Crippen molar-refractivity contribution >= 4 is 0 Å². The summed E-state index contributed by atoms with van der Waals surface area (Å²) in [6, 6.07) is 7.67. The van der Waals surface area contributed by atoms with Gasteiger partial charge in [0.1, 0.15) is 0 Å². The molecular formula is C11H12O. The highest BCUT2D eigenvalue weighted by Gasteiger charge is 2.01. The molecule has 0 fully saturated rings. The van der Waals surface area contributed by atoms with E-state index in [-0.39, 0.29) is 6.10 Å². The van der Waals surface area contributed by atoms with Crippen molar-refractivity contribution in [1.29, 1.82) is 0 Å². The molecule has 0 aliphatic rings. The summed E-state index contributed by atoms with van der Waals surface area (Å²) in [5.74, 6) is 2.59. The molecule has 1 nitrogen and oxygen atoms in total. The standard InChI is InChI=1S/C11H12O/c1-3-10-6-4-5-7-11(10)8-9(2)12/h1,4-7,9,12H,8H2,2H3/t9-/m1/s1. The molecule has 0 unspecified atom stereocenters. The fourth-order valence-electron chi connectivity index (χ4n) is 1.16. The van der Waals surface area contributed by atoms with Crippen molar-refractivity contribution in [2.24, 2.45) is 0 Å². The van der Waals surface area contributed by atoms with Gasteiger partial charge in [-0.05, 0) is 25.0 Å². The Morgan fingerprint density at radius 1 is 1.50 bits per heavy atom. The minimum Gasteiger partial charge on any atom is -0.393 e. The molecule has 1 rings (SSSR count). The van der Waals surface area contributed by atoms with Gasteiger partial charge in [-0.25, -0.2) is 0 Å². The van der Waals surface area contributed by atoms with Crippen molar-refractivity contribution in [3.8, 4) is 12.3 Å².